The minimum Gasteiger partial charge on any atom is -0.508 e. The topological polar surface area (TPSA) is 228 Å². The summed E-state index contributed by atoms with van der Waals surface area (Å²) in [6.07, 6.45) is -1.04. The molecule has 4 unspecified atom stereocenters. The van der Waals surface area contributed by atoms with E-state index in [0.29, 0.717) is 5.56 Å². The second-order valence-corrected chi connectivity index (χ2v) is 8.28. The number of nitrogens with one attached hydrogen (secondary N) is 3. The van der Waals surface area contributed by atoms with Gasteiger partial charge in [0.05, 0.1) is 12.6 Å². The van der Waals surface area contributed by atoms with Gasteiger partial charge in [-0.25, -0.2) is 4.79 Å². The van der Waals surface area contributed by atoms with E-state index in [0.717, 1.165) is 0 Å². The van der Waals surface area contributed by atoms with Gasteiger partial charge in [0.2, 0.25) is 17.7 Å². The lowest BCUT2D eigenvalue weighted by atomic mass is 10.0. The molecule has 9 N–H and O–H groups in total. The van der Waals surface area contributed by atoms with Crippen molar-refractivity contribution in [1.29, 1.82) is 0 Å². The van der Waals surface area contributed by atoms with Gasteiger partial charge in [0.25, 0.3) is 0 Å². The van der Waals surface area contributed by atoms with Gasteiger partial charge in [-0.05, 0) is 30.0 Å². The minimum atomic E-state index is -1.53. The molecule has 0 fully saturated rings. The van der Waals surface area contributed by atoms with Crippen LogP contribution in [0.15, 0.2) is 24.3 Å². The van der Waals surface area contributed by atoms with Crippen LogP contribution in [0.4, 0.5) is 0 Å². The molecule has 0 heterocycles. The Kier molecular flexibility index (Phi) is 11.6. The lowest BCUT2D eigenvalue weighted by Gasteiger charge is -2.25. The second kappa shape index (κ2) is 13.9. The Morgan fingerprint density at radius 3 is 1.86 bits per heavy atom. The highest BCUT2D eigenvalue weighted by atomic mass is 16.4. The van der Waals surface area contributed by atoms with E-state index < -0.39 is 73.3 Å². The fraction of sp³-hybridized carbons (Fsp3) is 0.500. The van der Waals surface area contributed by atoms with E-state index in [2.05, 4.69) is 16.0 Å². The highest BCUT2D eigenvalue weighted by Gasteiger charge is 2.31. The van der Waals surface area contributed by atoms with Gasteiger partial charge >= 0.3 is 11.9 Å². The van der Waals surface area contributed by atoms with E-state index in [9.17, 15) is 39.3 Å². The molecular formula is C22H32N4O9. The van der Waals surface area contributed by atoms with Gasteiger partial charge in [-0.3, -0.25) is 19.2 Å². The summed E-state index contributed by atoms with van der Waals surface area (Å²) >= 11 is 0. The molecule has 0 aromatic heterocycles. The number of carboxylic acid groups (broad SMARTS) is 2. The Hall–Kier alpha value is -3.71. The Labute approximate surface area is 201 Å². The number of carboxylic acids is 2. The van der Waals surface area contributed by atoms with Crippen molar-refractivity contribution in [3.8, 4) is 5.75 Å². The number of aliphatic hydroxyl groups excluding tert-OH is 1. The minimum absolute atomic E-state index is 0.0389. The van der Waals surface area contributed by atoms with Crippen LogP contribution in [0.25, 0.3) is 0 Å². The summed E-state index contributed by atoms with van der Waals surface area (Å²) < 4.78 is 0. The van der Waals surface area contributed by atoms with E-state index in [1.54, 1.807) is 13.8 Å². The SMILES string of the molecule is CC(C)C(N)C(=O)NC(CO)C(=O)NC(Cc1ccc(O)cc1)C(=O)NC(CCC(=O)O)C(=O)O. The molecule has 1 rings (SSSR count). The van der Waals surface area contributed by atoms with Crippen molar-refractivity contribution in [2.75, 3.05) is 6.61 Å². The molecule has 35 heavy (non-hydrogen) atoms. The Bertz CT molecular complexity index is 905. The van der Waals surface area contributed by atoms with E-state index in [1.807, 2.05) is 0 Å². The summed E-state index contributed by atoms with van der Waals surface area (Å²) in [5.41, 5.74) is 6.25. The van der Waals surface area contributed by atoms with Crippen molar-refractivity contribution < 1.29 is 44.4 Å². The predicted octanol–water partition coefficient (Wildman–Crippen LogP) is -1.69. The van der Waals surface area contributed by atoms with Gasteiger partial charge in [-0.2, -0.15) is 0 Å². The molecular weight excluding hydrogens is 464 g/mol. The maximum Gasteiger partial charge on any atom is 0.326 e. The first-order valence-corrected chi connectivity index (χ1v) is 10.9. The fourth-order valence-corrected chi connectivity index (χ4v) is 2.91. The lowest BCUT2D eigenvalue weighted by molar-refractivity contribution is -0.143. The number of aliphatic carboxylic acids is 2. The second-order valence-electron chi connectivity index (χ2n) is 8.28. The number of phenolic OH excluding ortho intramolecular Hbond substituents is 1. The molecule has 0 spiro atoms. The fourth-order valence-electron chi connectivity index (χ4n) is 2.91. The Balaban J connectivity index is 3.07. The van der Waals surface area contributed by atoms with Gasteiger partial charge < -0.3 is 42.1 Å². The highest BCUT2D eigenvalue weighted by Crippen LogP contribution is 2.12. The molecule has 194 valence electrons. The maximum absolute atomic E-state index is 12.9. The van der Waals surface area contributed by atoms with Crippen LogP contribution in [-0.4, -0.2) is 80.9 Å². The van der Waals surface area contributed by atoms with Gasteiger partial charge in [-0.1, -0.05) is 26.0 Å². The molecule has 0 aliphatic heterocycles. The van der Waals surface area contributed by atoms with Gasteiger partial charge in [0.15, 0.2) is 0 Å². The number of hydrogen-bond acceptors (Lipinski definition) is 8. The number of nitrogens with two attached hydrogens (primary N) is 1. The molecule has 4 atom stereocenters. The molecule has 1 aromatic carbocycles. The number of aliphatic hydroxyl groups is 1. The third-order valence-corrected chi connectivity index (χ3v) is 5.11. The van der Waals surface area contributed by atoms with E-state index in [-0.39, 0.29) is 18.1 Å². The normalized spacial score (nSPS) is 14.3. The first kappa shape index (κ1) is 29.3. The standard InChI is InChI=1S/C22H32N4O9/c1-11(2)18(23)21(33)26-16(10-27)20(32)25-15(9-12-3-5-13(28)6-4-12)19(31)24-14(22(34)35)7-8-17(29)30/h3-6,11,14-16,18,27-28H,7-10,23H2,1-2H3,(H,24,31)(H,25,32)(H,26,33)(H,29,30)(H,34,35). The van der Waals surface area contributed by atoms with Gasteiger partial charge in [0, 0.05) is 12.8 Å². The number of aromatic hydroxyl groups is 1. The van der Waals surface area contributed by atoms with Crippen molar-refractivity contribution in [3.63, 3.8) is 0 Å². The first-order valence-electron chi connectivity index (χ1n) is 10.9. The summed E-state index contributed by atoms with van der Waals surface area (Å²) in [6, 6.07) is 0.384. The van der Waals surface area contributed by atoms with Crippen molar-refractivity contribution in [1.82, 2.24) is 16.0 Å². The van der Waals surface area contributed by atoms with Crippen LogP contribution in [0.2, 0.25) is 0 Å². The molecule has 0 saturated carbocycles. The number of amides is 3. The third-order valence-electron chi connectivity index (χ3n) is 5.11. The predicted molar refractivity (Wildman–Crippen MR) is 122 cm³/mol. The van der Waals surface area contributed by atoms with Gasteiger partial charge in [0.1, 0.15) is 23.9 Å². The molecule has 13 heteroatoms. The molecule has 0 aliphatic rings. The lowest BCUT2D eigenvalue weighted by Crippen LogP contribution is -2.59. The Morgan fingerprint density at radius 2 is 1.37 bits per heavy atom. The molecule has 3 amide bonds. The average molecular weight is 497 g/mol. The quantitative estimate of drug-likeness (QED) is 0.146. The Morgan fingerprint density at radius 1 is 0.857 bits per heavy atom. The van der Waals surface area contributed by atoms with Crippen LogP contribution in [0.1, 0.15) is 32.3 Å². The maximum atomic E-state index is 12.9. The average Bonchev–Trinajstić information content (AvgIpc) is 2.79. The van der Waals surface area contributed by atoms with Crippen LogP contribution in [-0.2, 0) is 30.4 Å². The van der Waals surface area contributed by atoms with Crippen LogP contribution in [0.5, 0.6) is 5.75 Å². The molecule has 0 radical (unpaired) electrons. The summed E-state index contributed by atoms with van der Waals surface area (Å²) in [5.74, 6) is -5.53. The number of rotatable bonds is 14. The number of hydrogen-bond donors (Lipinski definition) is 8. The summed E-state index contributed by atoms with van der Waals surface area (Å²) in [7, 11) is 0. The van der Waals surface area contributed by atoms with Crippen LogP contribution in [0.3, 0.4) is 0 Å². The molecule has 13 nitrogen and oxygen atoms in total. The molecule has 0 aliphatic carbocycles. The smallest absolute Gasteiger partial charge is 0.326 e. The zero-order valence-corrected chi connectivity index (χ0v) is 19.4. The monoisotopic (exact) mass is 496 g/mol. The molecule has 0 saturated heterocycles. The zero-order chi connectivity index (χ0) is 26.7. The van der Waals surface area contributed by atoms with Crippen molar-refractivity contribution >= 4 is 29.7 Å². The van der Waals surface area contributed by atoms with Gasteiger partial charge in [-0.15, -0.1) is 0 Å². The largest absolute Gasteiger partial charge is 0.508 e. The number of benzene rings is 1. The van der Waals surface area contributed by atoms with Crippen molar-refractivity contribution in [3.05, 3.63) is 29.8 Å². The number of carbonyl (C=O) groups is 5. The van der Waals surface area contributed by atoms with Crippen LogP contribution < -0.4 is 21.7 Å². The van der Waals surface area contributed by atoms with Crippen LogP contribution >= 0.6 is 0 Å². The molecule has 0 bridgehead atoms. The summed E-state index contributed by atoms with van der Waals surface area (Å²) in [6.45, 7) is 2.59. The number of phenols is 1. The first-order chi connectivity index (χ1) is 16.3. The number of carbonyl (C=O) groups excluding carboxylic acids is 3. The third kappa shape index (κ3) is 9.98. The molecule has 1 aromatic rings. The summed E-state index contributed by atoms with van der Waals surface area (Å²) in [5, 5.41) is 44.1. The van der Waals surface area contributed by atoms with Crippen molar-refractivity contribution in [2.24, 2.45) is 11.7 Å². The van der Waals surface area contributed by atoms with Crippen LogP contribution in [0, 0.1) is 5.92 Å². The van der Waals surface area contributed by atoms with E-state index in [1.165, 1.54) is 24.3 Å². The summed E-state index contributed by atoms with van der Waals surface area (Å²) in [4.78, 5) is 60.1. The van der Waals surface area contributed by atoms with E-state index in [4.69, 9.17) is 10.8 Å². The van der Waals surface area contributed by atoms with Crippen molar-refractivity contribution in [2.45, 2.75) is 57.3 Å². The van der Waals surface area contributed by atoms with E-state index >= 15 is 0 Å². The highest BCUT2D eigenvalue weighted by molar-refractivity contribution is 5.94. The zero-order valence-electron chi connectivity index (χ0n) is 19.4.